The molecule has 0 bridgehead atoms. The van der Waals surface area contributed by atoms with Gasteiger partial charge in [-0.15, -0.1) is 0 Å². The fourth-order valence-electron chi connectivity index (χ4n) is 2.79. The molecule has 0 radical (unpaired) electrons. The van der Waals surface area contributed by atoms with Crippen molar-refractivity contribution in [3.8, 4) is 5.69 Å². The second kappa shape index (κ2) is 7.91. The maximum atomic E-state index is 12.3. The maximum absolute atomic E-state index is 12.3. The number of piperazine rings is 1. The maximum Gasteiger partial charge on any atom is 0.271 e. The van der Waals surface area contributed by atoms with E-state index >= 15 is 0 Å². The Morgan fingerprint density at radius 1 is 1.20 bits per heavy atom. The number of rotatable bonds is 6. The SMILES string of the molecule is NC(=O)c1cc(C(=O)NCCN2CCNCC2)nn1-c1ccccc1. The number of aromatic nitrogens is 2. The Morgan fingerprint density at radius 3 is 2.60 bits per heavy atom. The summed E-state index contributed by atoms with van der Waals surface area (Å²) < 4.78 is 1.40. The number of nitrogens with zero attached hydrogens (tertiary/aromatic N) is 3. The predicted molar refractivity (Wildman–Crippen MR) is 93.7 cm³/mol. The zero-order valence-electron chi connectivity index (χ0n) is 13.9. The molecule has 3 rings (SSSR count). The molecule has 1 aromatic heterocycles. The van der Waals surface area contributed by atoms with E-state index in [1.165, 1.54) is 10.7 Å². The third-order valence-electron chi connectivity index (χ3n) is 4.12. The van der Waals surface area contributed by atoms with Crippen molar-refractivity contribution in [1.82, 2.24) is 25.3 Å². The summed E-state index contributed by atoms with van der Waals surface area (Å²) in [5.41, 5.74) is 6.45. The van der Waals surface area contributed by atoms with Crippen LogP contribution in [0, 0.1) is 0 Å². The average molecular weight is 342 g/mol. The van der Waals surface area contributed by atoms with E-state index in [2.05, 4.69) is 20.6 Å². The Hall–Kier alpha value is -2.71. The van der Waals surface area contributed by atoms with Gasteiger partial charge in [-0.2, -0.15) is 5.10 Å². The fourth-order valence-corrected chi connectivity index (χ4v) is 2.79. The van der Waals surface area contributed by atoms with Crippen molar-refractivity contribution in [2.75, 3.05) is 39.3 Å². The molecule has 0 aliphatic carbocycles. The minimum Gasteiger partial charge on any atom is -0.364 e. The van der Waals surface area contributed by atoms with Crippen molar-refractivity contribution < 1.29 is 9.59 Å². The van der Waals surface area contributed by atoms with Crippen LogP contribution in [-0.2, 0) is 0 Å². The van der Waals surface area contributed by atoms with E-state index < -0.39 is 5.91 Å². The van der Waals surface area contributed by atoms with E-state index in [-0.39, 0.29) is 17.3 Å². The number of hydrogen-bond acceptors (Lipinski definition) is 5. The van der Waals surface area contributed by atoms with Crippen molar-refractivity contribution in [1.29, 1.82) is 0 Å². The van der Waals surface area contributed by atoms with E-state index in [1.54, 1.807) is 12.1 Å². The summed E-state index contributed by atoms with van der Waals surface area (Å²) in [6.07, 6.45) is 0. The molecule has 8 heteroatoms. The molecule has 1 aliphatic rings. The van der Waals surface area contributed by atoms with Gasteiger partial charge in [-0.25, -0.2) is 4.68 Å². The van der Waals surface area contributed by atoms with Gasteiger partial charge in [0.1, 0.15) is 5.69 Å². The van der Waals surface area contributed by atoms with Gasteiger partial charge in [0, 0.05) is 45.3 Å². The second-order valence-corrected chi connectivity index (χ2v) is 5.87. The molecular formula is C17H22N6O2. The molecule has 0 saturated carbocycles. The van der Waals surface area contributed by atoms with Gasteiger partial charge in [0.25, 0.3) is 11.8 Å². The quantitative estimate of drug-likeness (QED) is 0.663. The van der Waals surface area contributed by atoms with E-state index in [1.807, 2.05) is 18.2 Å². The van der Waals surface area contributed by atoms with Crippen LogP contribution in [0.4, 0.5) is 0 Å². The van der Waals surface area contributed by atoms with Gasteiger partial charge in [-0.05, 0) is 12.1 Å². The van der Waals surface area contributed by atoms with Crippen molar-refractivity contribution in [2.45, 2.75) is 0 Å². The first-order chi connectivity index (χ1) is 12.1. The minimum absolute atomic E-state index is 0.179. The highest BCUT2D eigenvalue weighted by molar-refractivity contribution is 5.97. The number of carbonyl (C=O) groups excluding carboxylic acids is 2. The molecule has 2 aromatic rings. The van der Waals surface area contributed by atoms with E-state index in [9.17, 15) is 9.59 Å². The predicted octanol–water partition coefficient (Wildman–Crippen LogP) is -0.394. The number of hydrogen-bond donors (Lipinski definition) is 3. The Morgan fingerprint density at radius 2 is 1.92 bits per heavy atom. The molecule has 0 spiro atoms. The van der Waals surface area contributed by atoms with Gasteiger partial charge in [0.05, 0.1) is 5.69 Å². The van der Waals surface area contributed by atoms with Crippen molar-refractivity contribution >= 4 is 11.8 Å². The van der Waals surface area contributed by atoms with Gasteiger partial charge >= 0.3 is 0 Å². The van der Waals surface area contributed by atoms with Crippen LogP contribution >= 0.6 is 0 Å². The summed E-state index contributed by atoms with van der Waals surface area (Å²) >= 11 is 0. The third kappa shape index (κ3) is 4.23. The molecule has 0 atom stereocenters. The highest BCUT2D eigenvalue weighted by Crippen LogP contribution is 2.12. The third-order valence-corrected chi connectivity index (χ3v) is 4.12. The van der Waals surface area contributed by atoms with E-state index in [4.69, 9.17) is 5.73 Å². The summed E-state index contributed by atoms with van der Waals surface area (Å²) in [6, 6.07) is 10.5. The Bertz CT molecular complexity index is 737. The Kier molecular flexibility index (Phi) is 5.42. The molecule has 25 heavy (non-hydrogen) atoms. The molecule has 1 aromatic carbocycles. The first-order valence-electron chi connectivity index (χ1n) is 8.32. The van der Waals surface area contributed by atoms with Crippen LogP contribution in [0.1, 0.15) is 21.0 Å². The van der Waals surface area contributed by atoms with Crippen molar-refractivity contribution in [3.63, 3.8) is 0 Å². The largest absolute Gasteiger partial charge is 0.364 e. The molecule has 2 heterocycles. The zero-order valence-corrected chi connectivity index (χ0v) is 13.9. The standard InChI is InChI=1S/C17H22N6O2/c18-16(24)15-12-14(21-23(15)13-4-2-1-3-5-13)17(25)20-8-11-22-9-6-19-7-10-22/h1-5,12,19H,6-11H2,(H2,18,24)(H,20,25). The normalized spacial score (nSPS) is 15.0. The number of primary amides is 1. The molecular weight excluding hydrogens is 320 g/mol. The Balaban J connectivity index is 1.67. The van der Waals surface area contributed by atoms with Gasteiger partial charge < -0.3 is 16.4 Å². The van der Waals surface area contributed by atoms with Crippen LogP contribution in [0.3, 0.4) is 0 Å². The lowest BCUT2D eigenvalue weighted by Crippen LogP contribution is -2.46. The van der Waals surface area contributed by atoms with Crippen molar-refractivity contribution in [3.05, 3.63) is 47.8 Å². The van der Waals surface area contributed by atoms with Gasteiger partial charge in [-0.1, -0.05) is 18.2 Å². The van der Waals surface area contributed by atoms with Crippen LogP contribution in [0.5, 0.6) is 0 Å². The lowest BCUT2D eigenvalue weighted by Gasteiger charge is -2.26. The second-order valence-electron chi connectivity index (χ2n) is 5.87. The summed E-state index contributed by atoms with van der Waals surface area (Å²) in [5.74, 6) is -0.941. The number of benzene rings is 1. The summed E-state index contributed by atoms with van der Waals surface area (Å²) in [7, 11) is 0. The molecule has 1 aliphatic heterocycles. The summed E-state index contributed by atoms with van der Waals surface area (Å²) in [6.45, 7) is 5.21. The number of carbonyl (C=O) groups is 2. The molecule has 2 amide bonds. The Labute approximate surface area is 146 Å². The molecule has 4 N–H and O–H groups in total. The number of amides is 2. The lowest BCUT2D eigenvalue weighted by atomic mass is 10.3. The van der Waals surface area contributed by atoms with Crippen molar-refractivity contribution in [2.24, 2.45) is 5.73 Å². The van der Waals surface area contributed by atoms with Gasteiger partial charge in [0.2, 0.25) is 0 Å². The molecule has 8 nitrogen and oxygen atoms in total. The minimum atomic E-state index is -0.629. The molecule has 1 saturated heterocycles. The average Bonchev–Trinajstić information content (AvgIpc) is 3.09. The van der Waals surface area contributed by atoms with Crippen LogP contribution in [-0.4, -0.2) is 65.8 Å². The van der Waals surface area contributed by atoms with Crippen LogP contribution < -0.4 is 16.4 Å². The highest BCUT2D eigenvalue weighted by atomic mass is 16.2. The smallest absolute Gasteiger partial charge is 0.271 e. The number of nitrogens with one attached hydrogen (secondary N) is 2. The first-order valence-corrected chi connectivity index (χ1v) is 8.32. The highest BCUT2D eigenvalue weighted by Gasteiger charge is 2.18. The van der Waals surface area contributed by atoms with Crippen LogP contribution in [0.15, 0.2) is 36.4 Å². The molecule has 1 fully saturated rings. The van der Waals surface area contributed by atoms with Crippen LogP contribution in [0.25, 0.3) is 5.69 Å². The van der Waals surface area contributed by atoms with Crippen LogP contribution in [0.2, 0.25) is 0 Å². The number of para-hydroxylation sites is 1. The first kappa shape index (κ1) is 17.1. The van der Waals surface area contributed by atoms with E-state index in [0.29, 0.717) is 12.2 Å². The lowest BCUT2D eigenvalue weighted by molar-refractivity contribution is 0.0941. The zero-order chi connectivity index (χ0) is 17.6. The summed E-state index contributed by atoms with van der Waals surface area (Å²) in [4.78, 5) is 26.3. The fraction of sp³-hybridized carbons (Fsp3) is 0.353. The topological polar surface area (TPSA) is 105 Å². The number of nitrogens with two attached hydrogens (primary N) is 1. The molecule has 0 unspecified atom stereocenters. The van der Waals surface area contributed by atoms with Gasteiger partial charge in [-0.3, -0.25) is 14.5 Å². The monoisotopic (exact) mass is 342 g/mol. The van der Waals surface area contributed by atoms with E-state index in [0.717, 1.165) is 32.7 Å². The van der Waals surface area contributed by atoms with Gasteiger partial charge in [0.15, 0.2) is 5.69 Å². The summed E-state index contributed by atoms with van der Waals surface area (Å²) in [5, 5.41) is 10.4. The molecule has 132 valence electrons.